The van der Waals surface area contributed by atoms with E-state index in [-0.39, 0.29) is 0 Å². The first kappa shape index (κ1) is 25.3. The van der Waals surface area contributed by atoms with Crippen LogP contribution in [0.25, 0.3) is 82.1 Å². The molecule has 0 N–H and O–H groups in total. The van der Waals surface area contributed by atoms with Crippen molar-refractivity contribution in [2.45, 2.75) is 0 Å². The van der Waals surface area contributed by atoms with E-state index in [0.29, 0.717) is 0 Å². The standard InChI is InChI=1S/C42H26BrN/c43-39-25-35-32-16-8-10-18-34(32)42(26-36(35)31-15-7-9-17-33(31)39)44-40-21-19-29(27-11-3-1-4-12-27)23-37(40)38-24-30(20-22-41(38)44)28-13-5-2-6-14-28/h1-26H. The minimum absolute atomic E-state index is 1.12. The van der Waals surface area contributed by atoms with E-state index in [9.17, 15) is 0 Å². The summed E-state index contributed by atoms with van der Waals surface area (Å²) in [6.07, 6.45) is 0. The molecule has 0 saturated carbocycles. The third kappa shape index (κ3) is 3.85. The molecule has 9 aromatic rings. The Morgan fingerprint density at radius 1 is 0.318 bits per heavy atom. The maximum Gasteiger partial charge on any atom is 0.0547 e. The molecule has 1 heterocycles. The van der Waals surface area contributed by atoms with Crippen molar-refractivity contribution in [1.82, 2.24) is 4.57 Å². The van der Waals surface area contributed by atoms with Crippen LogP contribution in [-0.4, -0.2) is 4.57 Å². The van der Waals surface area contributed by atoms with Crippen molar-refractivity contribution in [1.29, 1.82) is 0 Å². The quantitative estimate of drug-likeness (QED) is 0.172. The van der Waals surface area contributed by atoms with Crippen molar-refractivity contribution in [2.75, 3.05) is 0 Å². The van der Waals surface area contributed by atoms with Crippen molar-refractivity contribution < 1.29 is 0 Å². The van der Waals surface area contributed by atoms with Gasteiger partial charge in [0.25, 0.3) is 0 Å². The zero-order valence-corrected chi connectivity index (χ0v) is 25.4. The molecular weight excluding hydrogens is 598 g/mol. The van der Waals surface area contributed by atoms with Crippen LogP contribution in [0.1, 0.15) is 0 Å². The Balaban J connectivity index is 1.43. The third-order valence-electron chi connectivity index (χ3n) is 9.03. The predicted molar refractivity (Wildman–Crippen MR) is 192 cm³/mol. The highest BCUT2D eigenvalue weighted by Gasteiger charge is 2.18. The maximum atomic E-state index is 3.87. The zero-order chi connectivity index (χ0) is 29.2. The Morgan fingerprint density at radius 2 is 0.773 bits per heavy atom. The van der Waals surface area contributed by atoms with Gasteiger partial charge in [0.15, 0.2) is 0 Å². The molecule has 0 aliphatic heterocycles. The van der Waals surface area contributed by atoms with Gasteiger partial charge in [0, 0.05) is 20.6 Å². The van der Waals surface area contributed by atoms with Crippen molar-refractivity contribution in [3.8, 4) is 27.9 Å². The van der Waals surface area contributed by atoms with Crippen LogP contribution in [0.3, 0.4) is 0 Å². The molecule has 206 valence electrons. The fourth-order valence-corrected chi connectivity index (χ4v) is 7.55. The highest BCUT2D eigenvalue weighted by Crippen LogP contribution is 2.42. The molecule has 0 radical (unpaired) electrons. The number of fused-ring (bicyclic) bond motifs is 8. The highest BCUT2D eigenvalue weighted by atomic mass is 79.9. The molecule has 0 unspecified atom stereocenters. The molecule has 0 saturated heterocycles. The second-order valence-corrected chi connectivity index (χ2v) is 12.3. The summed E-state index contributed by atoms with van der Waals surface area (Å²) in [7, 11) is 0. The Labute approximate surface area is 263 Å². The summed E-state index contributed by atoms with van der Waals surface area (Å²) >= 11 is 3.87. The lowest BCUT2D eigenvalue weighted by Gasteiger charge is -2.16. The Morgan fingerprint density at radius 3 is 1.34 bits per heavy atom. The van der Waals surface area contributed by atoms with Crippen LogP contribution in [0, 0.1) is 0 Å². The molecule has 0 spiro atoms. The van der Waals surface area contributed by atoms with Crippen LogP contribution < -0.4 is 0 Å². The van der Waals surface area contributed by atoms with E-state index in [2.05, 4.69) is 178 Å². The van der Waals surface area contributed by atoms with Crippen molar-refractivity contribution >= 4 is 70.1 Å². The summed E-state index contributed by atoms with van der Waals surface area (Å²) in [4.78, 5) is 0. The Bertz CT molecular complexity index is 2450. The van der Waals surface area contributed by atoms with Gasteiger partial charge in [-0.1, -0.05) is 137 Å². The van der Waals surface area contributed by atoms with E-state index in [4.69, 9.17) is 0 Å². The SMILES string of the molecule is Brc1cc2c3ccccc3c(-n3c4ccc(-c5ccccc5)cc4c4cc(-c5ccccc5)ccc43)cc2c2ccccc12. The smallest absolute Gasteiger partial charge is 0.0547 e. The average molecular weight is 625 g/mol. The first-order valence-corrected chi connectivity index (χ1v) is 15.8. The topological polar surface area (TPSA) is 4.93 Å². The number of rotatable bonds is 3. The van der Waals surface area contributed by atoms with Crippen LogP contribution >= 0.6 is 15.9 Å². The molecule has 0 bridgehead atoms. The van der Waals surface area contributed by atoms with Crippen LogP contribution in [-0.2, 0) is 0 Å². The van der Waals surface area contributed by atoms with Gasteiger partial charge in [-0.2, -0.15) is 0 Å². The van der Waals surface area contributed by atoms with E-state index in [1.54, 1.807) is 0 Å². The molecule has 0 atom stereocenters. The molecule has 8 aromatic carbocycles. The molecule has 1 aromatic heterocycles. The molecule has 0 aliphatic rings. The van der Waals surface area contributed by atoms with Gasteiger partial charge in [0.1, 0.15) is 0 Å². The first-order chi connectivity index (χ1) is 21.7. The highest BCUT2D eigenvalue weighted by molar-refractivity contribution is 9.10. The monoisotopic (exact) mass is 623 g/mol. The Kier molecular flexibility index (Phi) is 5.72. The molecule has 1 nitrogen and oxygen atoms in total. The summed E-state index contributed by atoms with van der Waals surface area (Å²) in [5.41, 5.74) is 8.50. The number of halogens is 1. The Hall–Kier alpha value is -5.18. The first-order valence-electron chi connectivity index (χ1n) is 15.0. The molecule has 2 heteroatoms. The zero-order valence-electron chi connectivity index (χ0n) is 23.8. The summed E-state index contributed by atoms with van der Waals surface area (Å²) in [5, 5.41) is 9.99. The fourth-order valence-electron chi connectivity index (χ4n) is 6.98. The van der Waals surface area contributed by atoms with E-state index >= 15 is 0 Å². The summed E-state index contributed by atoms with van der Waals surface area (Å²) in [6.45, 7) is 0. The third-order valence-corrected chi connectivity index (χ3v) is 9.69. The van der Waals surface area contributed by atoms with E-state index in [0.717, 1.165) is 4.47 Å². The van der Waals surface area contributed by atoms with E-state index in [1.807, 2.05) is 0 Å². The average Bonchev–Trinajstić information content (AvgIpc) is 3.42. The molecular formula is C42H26BrN. The number of aromatic nitrogens is 1. The predicted octanol–water partition coefficient (Wildman–Crippen LogP) is 12.3. The summed E-state index contributed by atoms with van der Waals surface area (Å²) in [6, 6.07) is 57.5. The minimum atomic E-state index is 1.12. The van der Waals surface area contributed by atoms with E-state index in [1.165, 1.54) is 82.1 Å². The van der Waals surface area contributed by atoms with Gasteiger partial charge >= 0.3 is 0 Å². The minimum Gasteiger partial charge on any atom is -0.309 e. The number of nitrogens with zero attached hydrogens (tertiary/aromatic N) is 1. The maximum absolute atomic E-state index is 3.87. The van der Waals surface area contributed by atoms with Gasteiger partial charge in [0.05, 0.1) is 16.7 Å². The van der Waals surface area contributed by atoms with Crippen LogP contribution in [0.2, 0.25) is 0 Å². The van der Waals surface area contributed by atoms with Gasteiger partial charge in [-0.05, 0) is 85.6 Å². The molecule has 9 rings (SSSR count). The van der Waals surface area contributed by atoms with Crippen LogP contribution in [0.5, 0.6) is 0 Å². The second kappa shape index (κ2) is 9.94. The molecule has 0 amide bonds. The lowest BCUT2D eigenvalue weighted by atomic mass is 9.95. The van der Waals surface area contributed by atoms with Crippen molar-refractivity contribution in [3.05, 3.63) is 162 Å². The van der Waals surface area contributed by atoms with Gasteiger partial charge < -0.3 is 4.57 Å². The molecule has 0 fully saturated rings. The van der Waals surface area contributed by atoms with Crippen LogP contribution in [0.15, 0.2) is 162 Å². The van der Waals surface area contributed by atoms with Crippen molar-refractivity contribution in [3.63, 3.8) is 0 Å². The lowest BCUT2D eigenvalue weighted by Crippen LogP contribution is -1.97. The lowest BCUT2D eigenvalue weighted by molar-refractivity contribution is 1.20. The number of hydrogen-bond acceptors (Lipinski definition) is 0. The summed E-state index contributed by atoms with van der Waals surface area (Å²) in [5.74, 6) is 0. The number of hydrogen-bond donors (Lipinski definition) is 0. The van der Waals surface area contributed by atoms with Gasteiger partial charge in [0.2, 0.25) is 0 Å². The largest absolute Gasteiger partial charge is 0.309 e. The fraction of sp³-hybridized carbons (Fsp3) is 0. The van der Waals surface area contributed by atoms with Gasteiger partial charge in [-0.15, -0.1) is 0 Å². The van der Waals surface area contributed by atoms with E-state index < -0.39 is 0 Å². The van der Waals surface area contributed by atoms with Crippen molar-refractivity contribution in [2.24, 2.45) is 0 Å². The van der Waals surface area contributed by atoms with Crippen LogP contribution in [0.4, 0.5) is 0 Å². The molecule has 44 heavy (non-hydrogen) atoms. The second-order valence-electron chi connectivity index (χ2n) is 11.5. The number of benzene rings is 8. The van der Waals surface area contributed by atoms with Gasteiger partial charge in [-0.25, -0.2) is 0 Å². The normalized spacial score (nSPS) is 11.8. The molecule has 0 aliphatic carbocycles. The van der Waals surface area contributed by atoms with Gasteiger partial charge in [-0.3, -0.25) is 0 Å². The summed E-state index contributed by atoms with van der Waals surface area (Å²) < 4.78 is 3.60.